The van der Waals surface area contributed by atoms with E-state index < -0.39 is 0 Å². The number of rotatable bonds is 5. The zero-order valence-corrected chi connectivity index (χ0v) is 11.1. The first-order valence-corrected chi connectivity index (χ1v) is 6.71. The maximum absolute atomic E-state index is 4.64. The van der Waals surface area contributed by atoms with E-state index in [4.69, 9.17) is 0 Å². The van der Waals surface area contributed by atoms with Crippen molar-refractivity contribution in [2.75, 3.05) is 0 Å². The van der Waals surface area contributed by atoms with E-state index in [1.807, 2.05) is 6.92 Å². The summed E-state index contributed by atoms with van der Waals surface area (Å²) in [6, 6.07) is 6.51. The first-order chi connectivity index (χ1) is 8.26. The number of para-hydroxylation sites is 1. The van der Waals surface area contributed by atoms with Gasteiger partial charge in [-0.25, -0.2) is 4.98 Å². The van der Waals surface area contributed by atoms with Gasteiger partial charge in [-0.05, 0) is 37.3 Å². The molecular formula is C15H22N2. The largest absolute Gasteiger partial charge is 0.342 e. The van der Waals surface area contributed by atoms with Gasteiger partial charge in [0.1, 0.15) is 5.82 Å². The molecule has 0 bridgehead atoms. The second-order valence-electron chi connectivity index (χ2n) is 4.84. The Balaban J connectivity index is 2.44. The minimum absolute atomic E-state index is 0.663. The Morgan fingerprint density at radius 3 is 2.53 bits per heavy atom. The van der Waals surface area contributed by atoms with Crippen LogP contribution in [0.1, 0.15) is 56.8 Å². The van der Waals surface area contributed by atoms with Crippen LogP contribution < -0.4 is 0 Å². The predicted molar refractivity (Wildman–Crippen MR) is 73.4 cm³/mol. The number of aryl methyl sites for hydroxylation is 1. The molecule has 0 fully saturated rings. The monoisotopic (exact) mass is 230 g/mol. The third-order valence-electron chi connectivity index (χ3n) is 3.38. The van der Waals surface area contributed by atoms with Crippen LogP contribution in [0.15, 0.2) is 18.2 Å². The highest BCUT2D eigenvalue weighted by atomic mass is 14.9. The Morgan fingerprint density at radius 1 is 1.18 bits per heavy atom. The van der Waals surface area contributed by atoms with Gasteiger partial charge in [0, 0.05) is 0 Å². The molecule has 17 heavy (non-hydrogen) atoms. The molecule has 1 N–H and O–H groups in total. The highest BCUT2D eigenvalue weighted by Gasteiger charge is 2.14. The lowest BCUT2D eigenvalue weighted by Gasteiger charge is -2.16. The van der Waals surface area contributed by atoms with Crippen molar-refractivity contribution in [1.29, 1.82) is 0 Å². The predicted octanol–water partition coefficient (Wildman–Crippen LogP) is 4.56. The number of hydrogen-bond acceptors (Lipinski definition) is 1. The van der Waals surface area contributed by atoms with Crippen LogP contribution in [-0.2, 0) is 0 Å². The molecule has 0 aliphatic heterocycles. The SMILES string of the molecule is CCCC(CCC)c1cccc2[nH]c(C)nc12. The lowest BCUT2D eigenvalue weighted by molar-refractivity contribution is 0.563. The third-order valence-corrected chi connectivity index (χ3v) is 3.38. The zero-order chi connectivity index (χ0) is 12.3. The van der Waals surface area contributed by atoms with Crippen molar-refractivity contribution in [1.82, 2.24) is 9.97 Å². The van der Waals surface area contributed by atoms with E-state index in [1.165, 1.54) is 42.3 Å². The molecule has 2 nitrogen and oxygen atoms in total. The van der Waals surface area contributed by atoms with Gasteiger partial charge in [-0.1, -0.05) is 38.8 Å². The Labute approximate surface area is 103 Å². The van der Waals surface area contributed by atoms with Crippen molar-refractivity contribution >= 4 is 11.0 Å². The van der Waals surface area contributed by atoms with Crippen LogP contribution in [-0.4, -0.2) is 9.97 Å². The fourth-order valence-corrected chi connectivity index (χ4v) is 2.66. The maximum atomic E-state index is 4.64. The average molecular weight is 230 g/mol. The van der Waals surface area contributed by atoms with E-state index in [0.29, 0.717) is 5.92 Å². The molecule has 1 aromatic heterocycles. The van der Waals surface area contributed by atoms with Crippen molar-refractivity contribution in [2.24, 2.45) is 0 Å². The fraction of sp³-hybridized carbons (Fsp3) is 0.533. The van der Waals surface area contributed by atoms with Gasteiger partial charge in [0.25, 0.3) is 0 Å². The van der Waals surface area contributed by atoms with E-state index >= 15 is 0 Å². The standard InChI is InChI=1S/C15H22N2/c1-4-7-12(8-5-2)13-9-6-10-14-15(13)17-11(3)16-14/h6,9-10,12H,4-5,7-8H2,1-3H3,(H,16,17). The van der Waals surface area contributed by atoms with Crippen molar-refractivity contribution in [3.63, 3.8) is 0 Å². The Kier molecular flexibility index (Phi) is 3.82. The minimum Gasteiger partial charge on any atom is -0.342 e. The second kappa shape index (κ2) is 5.35. The third kappa shape index (κ3) is 2.51. The molecule has 0 spiro atoms. The number of aromatic amines is 1. The summed E-state index contributed by atoms with van der Waals surface area (Å²) in [5.41, 5.74) is 3.78. The summed E-state index contributed by atoms with van der Waals surface area (Å²) < 4.78 is 0. The average Bonchev–Trinajstić information content (AvgIpc) is 2.68. The van der Waals surface area contributed by atoms with Crippen LogP contribution in [0.3, 0.4) is 0 Å². The molecular weight excluding hydrogens is 208 g/mol. The first-order valence-electron chi connectivity index (χ1n) is 6.71. The molecule has 0 unspecified atom stereocenters. The number of nitrogens with zero attached hydrogens (tertiary/aromatic N) is 1. The van der Waals surface area contributed by atoms with Gasteiger partial charge in [0.05, 0.1) is 11.0 Å². The topological polar surface area (TPSA) is 28.7 Å². The molecule has 0 saturated heterocycles. The van der Waals surface area contributed by atoms with Gasteiger partial charge >= 0.3 is 0 Å². The van der Waals surface area contributed by atoms with Crippen molar-refractivity contribution in [3.8, 4) is 0 Å². The summed E-state index contributed by atoms with van der Waals surface area (Å²) in [6.07, 6.45) is 5.01. The summed E-state index contributed by atoms with van der Waals surface area (Å²) in [6.45, 7) is 6.55. The summed E-state index contributed by atoms with van der Waals surface area (Å²) >= 11 is 0. The molecule has 2 aromatic rings. The number of benzene rings is 1. The number of fused-ring (bicyclic) bond motifs is 1. The number of aromatic nitrogens is 2. The van der Waals surface area contributed by atoms with Crippen LogP contribution in [0.5, 0.6) is 0 Å². The van der Waals surface area contributed by atoms with Gasteiger partial charge in [-0.15, -0.1) is 0 Å². The van der Waals surface area contributed by atoms with E-state index in [0.717, 1.165) is 5.82 Å². The van der Waals surface area contributed by atoms with E-state index in [1.54, 1.807) is 0 Å². The van der Waals surface area contributed by atoms with Gasteiger partial charge in [-0.3, -0.25) is 0 Å². The highest BCUT2D eigenvalue weighted by molar-refractivity contribution is 5.79. The van der Waals surface area contributed by atoms with Gasteiger partial charge in [0.15, 0.2) is 0 Å². The van der Waals surface area contributed by atoms with E-state index in [-0.39, 0.29) is 0 Å². The molecule has 1 aromatic carbocycles. The summed E-state index contributed by atoms with van der Waals surface area (Å²) in [4.78, 5) is 7.97. The Bertz CT molecular complexity index is 479. The summed E-state index contributed by atoms with van der Waals surface area (Å²) in [5.74, 6) is 1.68. The van der Waals surface area contributed by atoms with Crippen molar-refractivity contribution in [2.45, 2.75) is 52.4 Å². The van der Waals surface area contributed by atoms with Crippen molar-refractivity contribution in [3.05, 3.63) is 29.6 Å². The van der Waals surface area contributed by atoms with Crippen LogP contribution in [0.4, 0.5) is 0 Å². The second-order valence-corrected chi connectivity index (χ2v) is 4.84. The molecule has 0 radical (unpaired) electrons. The number of hydrogen-bond donors (Lipinski definition) is 1. The van der Waals surface area contributed by atoms with Crippen LogP contribution in [0.25, 0.3) is 11.0 Å². The number of nitrogens with one attached hydrogen (secondary N) is 1. The normalized spacial score (nSPS) is 11.5. The van der Waals surface area contributed by atoms with Crippen LogP contribution >= 0.6 is 0 Å². The van der Waals surface area contributed by atoms with E-state index in [9.17, 15) is 0 Å². The molecule has 2 rings (SSSR count). The highest BCUT2D eigenvalue weighted by Crippen LogP contribution is 2.31. The summed E-state index contributed by atoms with van der Waals surface area (Å²) in [7, 11) is 0. The molecule has 0 amide bonds. The summed E-state index contributed by atoms with van der Waals surface area (Å²) in [5, 5.41) is 0. The molecule has 0 saturated carbocycles. The number of H-pyrrole nitrogens is 1. The quantitative estimate of drug-likeness (QED) is 0.801. The lowest BCUT2D eigenvalue weighted by atomic mass is 9.89. The molecule has 0 atom stereocenters. The van der Waals surface area contributed by atoms with Gasteiger partial charge in [0.2, 0.25) is 0 Å². The first kappa shape index (κ1) is 12.2. The molecule has 0 aliphatic rings. The Hall–Kier alpha value is -1.31. The van der Waals surface area contributed by atoms with Crippen molar-refractivity contribution < 1.29 is 0 Å². The molecule has 92 valence electrons. The fourth-order valence-electron chi connectivity index (χ4n) is 2.66. The lowest BCUT2D eigenvalue weighted by Crippen LogP contribution is -1.99. The maximum Gasteiger partial charge on any atom is 0.104 e. The molecule has 0 aliphatic carbocycles. The molecule has 2 heteroatoms. The van der Waals surface area contributed by atoms with Gasteiger partial charge < -0.3 is 4.98 Å². The van der Waals surface area contributed by atoms with Crippen LogP contribution in [0.2, 0.25) is 0 Å². The number of imidazole rings is 1. The van der Waals surface area contributed by atoms with Crippen LogP contribution in [0, 0.1) is 6.92 Å². The molecule has 1 heterocycles. The zero-order valence-electron chi connectivity index (χ0n) is 11.1. The Morgan fingerprint density at radius 2 is 1.88 bits per heavy atom. The van der Waals surface area contributed by atoms with Gasteiger partial charge in [-0.2, -0.15) is 0 Å². The van der Waals surface area contributed by atoms with E-state index in [2.05, 4.69) is 42.0 Å². The smallest absolute Gasteiger partial charge is 0.104 e. The minimum atomic E-state index is 0.663.